The molecule has 0 spiro atoms. The molecule has 4 rings (SSSR count). The number of benzene rings is 2. The predicted molar refractivity (Wildman–Crippen MR) is 107 cm³/mol. The van der Waals surface area contributed by atoms with Gasteiger partial charge in [-0.25, -0.2) is 0 Å². The van der Waals surface area contributed by atoms with E-state index >= 15 is 0 Å². The standard InChI is InChI=1S/C21H18BrN3O3/c22-17-11-6-5-10-16(17)19-24-23-18(28-19)12-2-1-7-13-25-20(26)14-8-3-4-9-15(14)21(25)27/h3-6,8-11H,1-2,7,12-13H2. The maximum absolute atomic E-state index is 12.3. The lowest BCUT2D eigenvalue weighted by molar-refractivity contribution is 0.0651. The number of amides is 2. The highest BCUT2D eigenvalue weighted by atomic mass is 79.9. The second-order valence-corrected chi connectivity index (χ2v) is 7.45. The molecular weight excluding hydrogens is 422 g/mol. The highest BCUT2D eigenvalue weighted by Gasteiger charge is 2.34. The Bertz CT molecular complexity index is 996. The minimum Gasteiger partial charge on any atom is -0.421 e. The van der Waals surface area contributed by atoms with Crippen molar-refractivity contribution in [1.29, 1.82) is 0 Å². The maximum atomic E-state index is 12.3. The van der Waals surface area contributed by atoms with Gasteiger partial charge in [0.05, 0.1) is 16.7 Å². The van der Waals surface area contributed by atoms with E-state index in [1.807, 2.05) is 24.3 Å². The normalized spacial score (nSPS) is 13.2. The maximum Gasteiger partial charge on any atom is 0.261 e. The highest BCUT2D eigenvalue weighted by molar-refractivity contribution is 9.10. The summed E-state index contributed by atoms with van der Waals surface area (Å²) < 4.78 is 6.64. The highest BCUT2D eigenvalue weighted by Crippen LogP contribution is 2.27. The Kier molecular flexibility index (Phi) is 5.34. The van der Waals surface area contributed by atoms with Crippen molar-refractivity contribution in [2.75, 3.05) is 6.54 Å². The summed E-state index contributed by atoms with van der Waals surface area (Å²) in [4.78, 5) is 26.0. The third-order valence-corrected chi connectivity index (χ3v) is 5.41. The molecule has 2 amide bonds. The zero-order chi connectivity index (χ0) is 19.5. The van der Waals surface area contributed by atoms with Crippen molar-refractivity contribution in [3.05, 3.63) is 70.0 Å². The summed E-state index contributed by atoms with van der Waals surface area (Å²) in [5.74, 6) is 0.686. The summed E-state index contributed by atoms with van der Waals surface area (Å²) in [5, 5.41) is 8.21. The van der Waals surface area contributed by atoms with E-state index < -0.39 is 0 Å². The molecule has 0 saturated carbocycles. The average Bonchev–Trinajstić information content (AvgIpc) is 3.27. The van der Waals surface area contributed by atoms with Crippen molar-refractivity contribution in [2.45, 2.75) is 25.7 Å². The number of carbonyl (C=O) groups is 2. The first kappa shape index (κ1) is 18.6. The van der Waals surface area contributed by atoms with Gasteiger partial charge in [-0.2, -0.15) is 0 Å². The third kappa shape index (κ3) is 3.62. The van der Waals surface area contributed by atoms with Crippen LogP contribution in [0.3, 0.4) is 0 Å². The molecule has 1 aliphatic heterocycles. The van der Waals surface area contributed by atoms with Gasteiger partial charge in [0.15, 0.2) is 0 Å². The van der Waals surface area contributed by atoms with Gasteiger partial charge in [0.2, 0.25) is 11.8 Å². The molecule has 0 atom stereocenters. The monoisotopic (exact) mass is 439 g/mol. The SMILES string of the molecule is O=C1c2ccccc2C(=O)N1CCCCCc1nnc(-c2ccccc2Br)o1. The first-order valence-electron chi connectivity index (χ1n) is 9.17. The second-order valence-electron chi connectivity index (χ2n) is 6.60. The number of aromatic nitrogens is 2. The Balaban J connectivity index is 1.26. The number of rotatable bonds is 7. The van der Waals surface area contributed by atoms with E-state index in [1.165, 1.54) is 4.90 Å². The van der Waals surface area contributed by atoms with Crippen LogP contribution < -0.4 is 0 Å². The van der Waals surface area contributed by atoms with Crippen LogP contribution >= 0.6 is 15.9 Å². The largest absolute Gasteiger partial charge is 0.421 e. The minimum absolute atomic E-state index is 0.199. The van der Waals surface area contributed by atoms with E-state index in [1.54, 1.807) is 24.3 Å². The molecule has 1 aromatic heterocycles. The molecule has 0 aliphatic carbocycles. The number of fused-ring (bicyclic) bond motifs is 1. The summed E-state index contributed by atoms with van der Waals surface area (Å²) in [6.45, 7) is 0.429. The number of hydrogen-bond acceptors (Lipinski definition) is 5. The van der Waals surface area contributed by atoms with Crippen LogP contribution in [-0.2, 0) is 6.42 Å². The summed E-state index contributed by atoms with van der Waals surface area (Å²) in [6, 6.07) is 14.7. The van der Waals surface area contributed by atoms with Crippen molar-refractivity contribution >= 4 is 27.7 Å². The Hall–Kier alpha value is -2.80. The summed E-state index contributed by atoms with van der Waals surface area (Å²) in [6.07, 6.45) is 3.12. The smallest absolute Gasteiger partial charge is 0.261 e. The zero-order valence-corrected chi connectivity index (χ0v) is 16.7. The van der Waals surface area contributed by atoms with Crippen molar-refractivity contribution in [3.8, 4) is 11.5 Å². The Morgan fingerprint density at radius 3 is 2.14 bits per heavy atom. The molecule has 0 fully saturated rings. The molecule has 6 nitrogen and oxygen atoms in total. The second kappa shape index (κ2) is 8.06. The zero-order valence-electron chi connectivity index (χ0n) is 15.1. The van der Waals surface area contributed by atoms with Crippen molar-refractivity contribution in [1.82, 2.24) is 15.1 Å². The van der Waals surface area contributed by atoms with E-state index in [0.29, 0.717) is 35.9 Å². The number of unbranched alkanes of at least 4 members (excludes halogenated alkanes) is 2. The van der Waals surface area contributed by atoms with Gasteiger partial charge in [-0.15, -0.1) is 10.2 Å². The Morgan fingerprint density at radius 1 is 0.821 bits per heavy atom. The van der Waals surface area contributed by atoms with Crippen LogP contribution in [0.2, 0.25) is 0 Å². The van der Waals surface area contributed by atoms with Gasteiger partial charge in [0, 0.05) is 17.4 Å². The Labute approximate surface area is 170 Å². The van der Waals surface area contributed by atoms with Crippen LogP contribution in [0.4, 0.5) is 0 Å². The third-order valence-electron chi connectivity index (χ3n) is 4.72. The first-order chi connectivity index (χ1) is 13.6. The van der Waals surface area contributed by atoms with Crippen molar-refractivity contribution in [3.63, 3.8) is 0 Å². The lowest BCUT2D eigenvalue weighted by Crippen LogP contribution is -2.30. The molecule has 2 aromatic carbocycles. The first-order valence-corrected chi connectivity index (χ1v) is 9.97. The minimum atomic E-state index is -0.199. The van der Waals surface area contributed by atoms with E-state index in [9.17, 15) is 9.59 Å². The molecule has 3 aromatic rings. The van der Waals surface area contributed by atoms with Crippen LogP contribution in [0.25, 0.3) is 11.5 Å². The fourth-order valence-electron chi connectivity index (χ4n) is 3.26. The number of carbonyl (C=O) groups excluding carboxylic acids is 2. The number of halogens is 1. The molecule has 0 N–H and O–H groups in total. The quantitative estimate of drug-likeness (QED) is 0.399. The van der Waals surface area contributed by atoms with Gasteiger partial charge >= 0.3 is 0 Å². The molecule has 7 heteroatoms. The Morgan fingerprint density at radius 2 is 1.46 bits per heavy atom. The number of nitrogens with zero attached hydrogens (tertiary/aromatic N) is 3. The van der Waals surface area contributed by atoms with Crippen molar-refractivity contribution in [2.24, 2.45) is 0 Å². The lowest BCUT2D eigenvalue weighted by atomic mass is 10.1. The van der Waals surface area contributed by atoms with Crippen LogP contribution in [0.5, 0.6) is 0 Å². The topological polar surface area (TPSA) is 76.3 Å². The van der Waals surface area contributed by atoms with Crippen LogP contribution in [0.15, 0.2) is 57.4 Å². The van der Waals surface area contributed by atoms with E-state index in [0.717, 1.165) is 29.3 Å². The summed E-state index contributed by atoms with van der Waals surface area (Å²) in [5.41, 5.74) is 1.86. The molecule has 1 aliphatic rings. The summed E-state index contributed by atoms with van der Waals surface area (Å²) in [7, 11) is 0. The predicted octanol–water partition coefficient (Wildman–Crippen LogP) is 4.51. The number of aryl methyl sites for hydroxylation is 1. The number of hydrogen-bond donors (Lipinski definition) is 0. The fraction of sp³-hybridized carbons (Fsp3) is 0.238. The summed E-state index contributed by atoms with van der Waals surface area (Å²) >= 11 is 3.48. The average molecular weight is 440 g/mol. The van der Waals surface area contributed by atoms with Crippen LogP contribution in [0.1, 0.15) is 45.9 Å². The van der Waals surface area contributed by atoms with Gasteiger partial charge < -0.3 is 4.42 Å². The molecule has 2 heterocycles. The van der Waals surface area contributed by atoms with E-state index in [4.69, 9.17) is 4.42 Å². The van der Waals surface area contributed by atoms with Crippen LogP contribution in [-0.4, -0.2) is 33.5 Å². The molecule has 0 unspecified atom stereocenters. The van der Waals surface area contributed by atoms with E-state index in [2.05, 4.69) is 26.1 Å². The van der Waals surface area contributed by atoms with Gasteiger partial charge in [0.1, 0.15) is 0 Å². The van der Waals surface area contributed by atoms with Gasteiger partial charge in [-0.1, -0.05) is 30.7 Å². The fourth-order valence-corrected chi connectivity index (χ4v) is 3.72. The molecule has 28 heavy (non-hydrogen) atoms. The van der Waals surface area contributed by atoms with E-state index in [-0.39, 0.29) is 11.8 Å². The van der Waals surface area contributed by atoms with Crippen molar-refractivity contribution < 1.29 is 14.0 Å². The molecule has 142 valence electrons. The van der Waals surface area contributed by atoms with Gasteiger partial charge in [0.25, 0.3) is 11.8 Å². The molecular formula is C21H18BrN3O3. The lowest BCUT2D eigenvalue weighted by Gasteiger charge is -2.13. The molecule has 0 bridgehead atoms. The van der Waals surface area contributed by atoms with Gasteiger partial charge in [-0.3, -0.25) is 14.5 Å². The van der Waals surface area contributed by atoms with Gasteiger partial charge in [-0.05, 0) is 53.0 Å². The number of imide groups is 1. The molecule has 0 saturated heterocycles. The molecule has 0 radical (unpaired) electrons. The van der Waals surface area contributed by atoms with Crippen LogP contribution in [0, 0.1) is 0 Å².